The average molecular weight is 454 g/mol. The standard InChI is InChI=1S/C18H20F5N5O.ClH/c1-10-16-25-26-17(18(21,22)23)28(16)6-2-5-27(10)15(29)9-13(24)8-11-7-12(19)3-4-14(11)20;/h3-4,7,10,13H,2,5-6,8-9,24H2,1H3;1H/t10?,13-;/m1./s1. The molecule has 1 aliphatic heterocycles. The lowest BCUT2D eigenvalue weighted by Gasteiger charge is -2.27. The Morgan fingerprint density at radius 1 is 1.27 bits per heavy atom. The van der Waals surface area contributed by atoms with Gasteiger partial charge >= 0.3 is 6.18 Å². The van der Waals surface area contributed by atoms with Gasteiger partial charge in [0.25, 0.3) is 0 Å². The van der Waals surface area contributed by atoms with Crippen LogP contribution < -0.4 is 5.73 Å². The van der Waals surface area contributed by atoms with E-state index in [1.165, 1.54) is 4.90 Å². The van der Waals surface area contributed by atoms with Gasteiger partial charge in [-0.15, -0.1) is 22.6 Å². The molecular weight excluding hydrogens is 433 g/mol. The fraction of sp³-hybridized carbons (Fsp3) is 0.500. The topological polar surface area (TPSA) is 77.0 Å². The Hall–Kier alpha value is -2.27. The van der Waals surface area contributed by atoms with Gasteiger partial charge in [-0.25, -0.2) is 8.78 Å². The maximum atomic E-state index is 13.8. The Balaban J connectivity index is 0.00000320. The van der Waals surface area contributed by atoms with Crippen LogP contribution in [-0.2, 0) is 23.9 Å². The van der Waals surface area contributed by atoms with Crippen molar-refractivity contribution < 1.29 is 26.7 Å². The van der Waals surface area contributed by atoms with Crippen LogP contribution in [0.2, 0.25) is 0 Å². The molecule has 1 aliphatic rings. The molecule has 0 radical (unpaired) electrons. The van der Waals surface area contributed by atoms with Crippen molar-refractivity contribution in [3.8, 4) is 0 Å². The molecule has 3 rings (SSSR count). The van der Waals surface area contributed by atoms with Gasteiger partial charge in [0, 0.05) is 25.6 Å². The number of aromatic nitrogens is 3. The molecule has 2 heterocycles. The summed E-state index contributed by atoms with van der Waals surface area (Å²) in [6.07, 6.45) is -4.56. The van der Waals surface area contributed by atoms with Gasteiger partial charge < -0.3 is 15.2 Å². The van der Waals surface area contributed by atoms with E-state index in [0.717, 1.165) is 22.8 Å². The Morgan fingerprint density at radius 3 is 2.63 bits per heavy atom. The summed E-state index contributed by atoms with van der Waals surface area (Å²) >= 11 is 0. The van der Waals surface area contributed by atoms with Crippen LogP contribution in [0.15, 0.2) is 18.2 Å². The van der Waals surface area contributed by atoms with E-state index in [1.54, 1.807) is 6.92 Å². The maximum Gasteiger partial charge on any atom is 0.451 e. The lowest BCUT2D eigenvalue weighted by molar-refractivity contribution is -0.147. The third-order valence-corrected chi connectivity index (χ3v) is 4.90. The van der Waals surface area contributed by atoms with E-state index in [2.05, 4.69) is 10.2 Å². The van der Waals surface area contributed by atoms with E-state index in [4.69, 9.17) is 5.73 Å². The summed E-state index contributed by atoms with van der Waals surface area (Å²) in [6.45, 7) is 1.83. The van der Waals surface area contributed by atoms with Crippen LogP contribution in [0.25, 0.3) is 0 Å². The summed E-state index contributed by atoms with van der Waals surface area (Å²) in [5.41, 5.74) is 6.01. The molecule has 0 saturated carbocycles. The van der Waals surface area contributed by atoms with E-state index in [0.29, 0.717) is 0 Å². The Kier molecular flexibility index (Phi) is 7.40. The van der Waals surface area contributed by atoms with Crippen molar-refractivity contribution >= 4 is 18.3 Å². The number of carbonyl (C=O) groups is 1. The molecule has 2 aromatic rings. The predicted octanol–water partition coefficient (Wildman–Crippen LogP) is 3.25. The zero-order chi connectivity index (χ0) is 21.3. The number of fused-ring (bicyclic) bond motifs is 1. The number of rotatable bonds is 4. The lowest BCUT2D eigenvalue weighted by Crippen LogP contribution is -2.38. The third-order valence-electron chi connectivity index (χ3n) is 4.90. The van der Waals surface area contributed by atoms with Gasteiger partial charge in [0.1, 0.15) is 11.6 Å². The second-order valence-corrected chi connectivity index (χ2v) is 7.05. The molecule has 30 heavy (non-hydrogen) atoms. The van der Waals surface area contributed by atoms with Crippen LogP contribution in [0.5, 0.6) is 0 Å². The first-order chi connectivity index (χ1) is 13.6. The van der Waals surface area contributed by atoms with Crippen LogP contribution in [0.3, 0.4) is 0 Å². The summed E-state index contributed by atoms with van der Waals surface area (Å²) in [6, 6.07) is 1.49. The first kappa shape index (κ1) is 24.0. The highest BCUT2D eigenvalue weighted by molar-refractivity contribution is 5.85. The number of hydrogen-bond donors (Lipinski definition) is 1. The molecule has 1 unspecified atom stereocenters. The molecule has 6 nitrogen and oxygen atoms in total. The molecule has 1 aromatic carbocycles. The van der Waals surface area contributed by atoms with Gasteiger partial charge in [-0.2, -0.15) is 13.2 Å². The van der Waals surface area contributed by atoms with Crippen molar-refractivity contribution in [2.75, 3.05) is 6.54 Å². The molecule has 12 heteroatoms. The molecule has 0 bridgehead atoms. The van der Waals surface area contributed by atoms with Crippen LogP contribution in [0.4, 0.5) is 22.0 Å². The monoisotopic (exact) mass is 453 g/mol. The molecule has 0 aliphatic carbocycles. The first-order valence-corrected chi connectivity index (χ1v) is 9.07. The Bertz CT molecular complexity index is 904. The summed E-state index contributed by atoms with van der Waals surface area (Å²) in [7, 11) is 0. The van der Waals surface area contributed by atoms with E-state index in [9.17, 15) is 26.7 Å². The number of benzene rings is 1. The van der Waals surface area contributed by atoms with E-state index < -0.39 is 41.6 Å². The van der Waals surface area contributed by atoms with Crippen LogP contribution in [0.1, 0.15) is 43.0 Å². The van der Waals surface area contributed by atoms with Crippen LogP contribution >= 0.6 is 12.4 Å². The van der Waals surface area contributed by atoms with Gasteiger partial charge in [-0.1, -0.05) is 0 Å². The number of hydrogen-bond acceptors (Lipinski definition) is 4. The number of carbonyl (C=O) groups excluding carboxylic acids is 1. The van der Waals surface area contributed by atoms with Gasteiger partial charge in [0.15, 0.2) is 5.82 Å². The van der Waals surface area contributed by atoms with Crippen molar-refractivity contribution in [3.63, 3.8) is 0 Å². The number of amides is 1. The van der Waals surface area contributed by atoms with Crippen molar-refractivity contribution in [3.05, 3.63) is 47.0 Å². The van der Waals surface area contributed by atoms with Crippen molar-refractivity contribution in [2.24, 2.45) is 5.73 Å². The maximum absolute atomic E-state index is 13.8. The molecule has 1 amide bonds. The Morgan fingerprint density at radius 2 is 1.97 bits per heavy atom. The normalized spacial score (nSPS) is 17.7. The fourth-order valence-electron chi connectivity index (χ4n) is 3.52. The van der Waals surface area contributed by atoms with E-state index in [1.807, 2.05) is 0 Å². The van der Waals surface area contributed by atoms with Crippen molar-refractivity contribution in [2.45, 2.75) is 51.0 Å². The predicted molar refractivity (Wildman–Crippen MR) is 99.7 cm³/mol. The molecule has 166 valence electrons. The summed E-state index contributed by atoms with van der Waals surface area (Å²) in [5, 5.41) is 6.88. The van der Waals surface area contributed by atoms with E-state index in [-0.39, 0.29) is 56.1 Å². The van der Waals surface area contributed by atoms with E-state index >= 15 is 0 Å². The zero-order valence-electron chi connectivity index (χ0n) is 16.0. The zero-order valence-corrected chi connectivity index (χ0v) is 16.8. The van der Waals surface area contributed by atoms with Crippen molar-refractivity contribution in [1.82, 2.24) is 19.7 Å². The smallest absolute Gasteiger partial charge is 0.333 e. The molecule has 2 N–H and O–H groups in total. The average Bonchev–Trinajstić information content (AvgIpc) is 2.98. The summed E-state index contributed by atoms with van der Waals surface area (Å²) in [5.74, 6) is -2.67. The molecule has 2 atom stereocenters. The second kappa shape index (κ2) is 9.25. The highest BCUT2D eigenvalue weighted by Crippen LogP contribution is 2.32. The largest absolute Gasteiger partial charge is 0.451 e. The second-order valence-electron chi connectivity index (χ2n) is 7.05. The molecule has 1 aromatic heterocycles. The van der Waals surface area contributed by atoms with Crippen LogP contribution in [-0.4, -0.2) is 38.2 Å². The Labute approximate surface area is 175 Å². The molecule has 0 spiro atoms. The first-order valence-electron chi connectivity index (χ1n) is 9.07. The molecular formula is C18H21ClF5N5O. The number of nitrogens with zero attached hydrogens (tertiary/aromatic N) is 4. The number of alkyl halides is 3. The van der Waals surface area contributed by atoms with Crippen molar-refractivity contribution in [1.29, 1.82) is 0 Å². The quantitative estimate of drug-likeness (QED) is 0.721. The van der Waals surface area contributed by atoms with Crippen LogP contribution in [0, 0.1) is 11.6 Å². The molecule has 0 fully saturated rings. The summed E-state index contributed by atoms with van der Waals surface area (Å²) in [4.78, 5) is 14.1. The number of nitrogens with two attached hydrogens (primary N) is 1. The van der Waals surface area contributed by atoms with Gasteiger partial charge in [-0.05, 0) is 43.5 Å². The number of halogens is 6. The van der Waals surface area contributed by atoms with Gasteiger partial charge in [0.2, 0.25) is 11.7 Å². The minimum Gasteiger partial charge on any atom is -0.333 e. The minimum atomic E-state index is -4.64. The molecule has 0 saturated heterocycles. The fourth-order valence-corrected chi connectivity index (χ4v) is 3.52. The minimum absolute atomic E-state index is 0. The third kappa shape index (κ3) is 5.07. The SMILES string of the molecule is CC1c2nnc(C(F)(F)F)n2CCCN1C(=O)C[C@H](N)Cc1cc(F)ccc1F.Cl. The highest BCUT2D eigenvalue weighted by Gasteiger charge is 2.40. The lowest BCUT2D eigenvalue weighted by atomic mass is 10.0. The van der Waals surface area contributed by atoms with Gasteiger partial charge in [0.05, 0.1) is 6.04 Å². The summed E-state index contributed by atoms with van der Waals surface area (Å²) < 4.78 is 67.3. The highest BCUT2D eigenvalue weighted by atomic mass is 35.5. The van der Waals surface area contributed by atoms with Gasteiger partial charge in [-0.3, -0.25) is 4.79 Å².